The molecule has 0 saturated heterocycles. The summed E-state index contributed by atoms with van der Waals surface area (Å²) in [6.07, 6.45) is -3.10. The van der Waals surface area contributed by atoms with Crippen LogP contribution in [-0.2, 0) is 21.1 Å². The Morgan fingerprint density at radius 2 is 1.85 bits per heavy atom. The number of aromatic amines is 1. The highest BCUT2D eigenvalue weighted by atomic mass is 16.5. The van der Waals surface area contributed by atoms with E-state index < -0.39 is 24.1 Å². The first-order valence-corrected chi connectivity index (χ1v) is 6.90. The molecule has 2 heterocycles. The molecule has 0 aliphatic heterocycles. The average molecular weight is 375 g/mol. The molecule has 0 radical (unpaired) electrons. The maximum atomic E-state index is 11.4. The van der Waals surface area contributed by atoms with Crippen LogP contribution in [0.5, 0.6) is 0 Å². The van der Waals surface area contributed by atoms with E-state index in [1.807, 2.05) is 0 Å². The number of aromatic nitrogens is 4. The van der Waals surface area contributed by atoms with Crippen LogP contribution in [0.25, 0.3) is 11.2 Å². The van der Waals surface area contributed by atoms with Crippen molar-refractivity contribution in [1.29, 1.82) is 0 Å². The molecule has 2 aromatic heterocycles. The van der Waals surface area contributed by atoms with Crippen molar-refractivity contribution >= 4 is 29.1 Å². The summed E-state index contributed by atoms with van der Waals surface area (Å²) in [6, 6.07) is 0. The first-order chi connectivity index (χ1) is 12.2. The Kier molecular flexibility index (Phi) is 7.60. The fraction of sp³-hybridized carbons (Fsp3) is 0.417. The SMILES string of the molecule is Nc1nc2c(ncn2COCCO)c(=O)[nH]1.O=C(O)C(O)C(O)C(=O)O. The van der Waals surface area contributed by atoms with Gasteiger partial charge < -0.3 is 36.0 Å². The average Bonchev–Trinajstić information content (AvgIpc) is 2.97. The van der Waals surface area contributed by atoms with Gasteiger partial charge in [-0.3, -0.25) is 14.3 Å². The molecule has 0 bridgehead atoms. The predicted molar refractivity (Wildman–Crippen MR) is 82.9 cm³/mol. The van der Waals surface area contributed by atoms with Crippen LogP contribution in [0.1, 0.15) is 0 Å². The number of nitrogens with one attached hydrogen (secondary N) is 1. The summed E-state index contributed by atoms with van der Waals surface area (Å²) < 4.78 is 6.63. The summed E-state index contributed by atoms with van der Waals surface area (Å²) in [5, 5.41) is 41.1. The molecule has 0 spiro atoms. The Bertz CT molecular complexity index is 799. The number of carboxylic acid groups (broad SMARTS) is 2. The topological polar surface area (TPSA) is 234 Å². The Hall–Kier alpha value is -3.07. The molecule has 26 heavy (non-hydrogen) atoms. The van der Waals surface area contributed by atoms with Crippen molar-refractivity contribution in [2.75, 3.05) is 18.9 Å². The molecule has 2 unspecified atom stereocenters. The zero-order valence-corrected chi connectivity index (χ0v) is 13.1. The molecule has 0 amide bonds. The number of anilines is 1. The van der Waals surface area contributed by atoms with E-state index in [0.29, 0.717) is 5.65 Å². The second kappa shape index (κ2) is 9.42. The van der Waals surface area contributed by atoms with Crippen molar-refractivity contribution in [2.45, 2.75) is 18.9 Å². The fourth-order valence-corrected chi connectivity index (χ4v) is 1.56. The standard InChI is InChI=1S/C8H11N5O3.C4H6O6/c9-8-11-6-5(7(15)12-8)10-3-13(6)4-16-2-1-14;5-1(3(7)8)2(6)4(9)10/h3,14H,1-2,4H2,(H3,9,11,12,15);1-2,5-6H,(H,7,8)(H,9,10). The van der Waals surface area contributed by atoms with Crippen LogP contribution in [0.3, 0.4) is 0 Å². The lowest BCUT2D eigenvalue weighted by atomic mass is 10.2. The molecular formula is C12H17N5O9. The van der Waals surface area contributed by atoms with E-state index in [-0.39, 0.29) is 37.0 Å². The summed E-state index contributed by atoms with van der Waals surface area (Å²) in [5.74, 6) is -3.51. The van der Waals surface area contributed by atoms with Crippen LogP contribution in [0.4, 0.5) is 5.95 Å². The summed E-state index contributed by atoms with van der Waals surface area (Å²) in [6.45, 7) is 0.300. The number of hydrogen-bond donors (Lipinski definition) is 7. The van der Waals surface area contributed by atoms with Gasteiger partial charge in [-0.1, -0.05) is 0 Å². The van der Waals surface area contributed by atoms with Gasteiger partial charge in [-0.25, -0.2) is 14.6 Å². The van der Waals surface area contributed by atoms with Gasteiger partial charge in [0.25, 0.3) is 5.56 Å². The number of H-pyrrole nitrogens is 1. The monoisotopic (exact) mass is 375 g/mol. The quantitative estimate of drug-likeness (QED) is 0.234. The van der Waals surface area contributed by atoms with Crippen LogP contribution in [0.15, 0.2) is 11.1 Å². The molecule has 0 aliphatic carbocycles. The van der Waals surface area contributed by atoms with Crippen molar-refractivity contribution in [2.24, 2.45) is 0 Å². The van der Waals surface area contributed by atoms with E-state index in [0.717, 1.165) is 0 Å². The van der Waals surface area contributed by atoms with Gasteiger partial charge in [-0.05, 0) is 0 Å². The zero-order valence-electron chi connectivity index (χ0n) is 13.1. The van der Waals surface area contributed by atoms with Gasteiger partial charge in [0.05, 0.1) is 19.5 Å². The largest absolute Gasteiger partial charge is 0.479 e. The highest BCUT2D eigenvalue weighted by Gasteiger charge is 2.29. The number of nitrogens with zero attached hydrogens (tertiary/aromatic N) is 3. The van der Waals surface area contributed by atoms with Crippen LogP contribution in [0, 0.1) is 0 Å². The van der Waals surface area contributed by atoms with Crippen LogP contribution in [-0.4, -0.2) is 82.4 Å². The Morgan fingerprint density at radius 1 is 1.27 bits per heavy atom. The molecule has 14 nitrogen and oxygen atoms in total. The van der Waals surface area contributed by atoms with Gasteiger partial charge in [0.1, 0.15) is 6.73 Å². The lowest BCUT2D eigenvalue weighted by molar-refractivity contribution is -0.165. The van der Waals surface area contributed by atoms with Crippen LogP contribution >= 0.6 is 0 Å². The molecule has 8 N–H and O–H groups in total. The number of nitrogens with two attached hydrogens (primary N) is 1. The molecule has 2 rings (SSSR count). The lowest BCUT2D eigenvalue weighted by Crippen LogP contribution is -2.39. The summed E-state index contributed by atoms with van der Waals surface area (Å²) in [4.78, 5) is 41.2. The Labute approximate surface area is 144 Å². The first-order valence-electron chi connectivity index (χ1n) is 6.90. The van der Waals surface area contributed by atoms with Gasteiger partial charge in [-0.15, -0.1) is 0 Å². The molecule has 2 aromatic rings. The third-order valence-electron chi connectivity index (χ3n) is 2.76. The van der Waals surface area contributed by atoms with Crippen LogP contribution in [0.2, 0.25) is 0 Å². The Morgan fingerprint density at radius 3 is 2.35 bits per heavy atom. The molecule has 0 fully saturated rings. The number of hydrogen-bond acceptors (Lipinski definition) is 10. The van der Waals surface area contributed by atoms with E-state index >= 15 is 0 Å². The third-order valence-corrected chi connectivity index (χ3v) is 2.76. The van der Waals surface area contributed by atoms with E-state index in [4.69, 9.17) is 36.0 Å². The number of ether oxygens (including phenoxy) is 1. The predicted octanol–water partition coefficient (Wildman–Crippen LogP) is -3.45. The maximum absolute atomic E-state index is 11.4. The number of imidazole rings is 1. The minimum atomic E-state index is -2.27. The number of fused-ring (bicyclic) bond motifs is 1. The number of aliphatic hydroxyl groups is 3. The molecule has 2 atom stereocenters. The van der Waals surface area contributed by atoms with E-state index in [9.17, 15) is 14.4 Å². The van der Waals surface area contributed by atoms with Gasteiger partial charge in [0, 0.05) is 0 Å². The molecule has 0 aliphatic rings. The van der Waals surface area contributed by atoms with Crippen molar-refractivity contribution in [1.82, 2.24) is 19.5 Å². The van der Waals surface area contributed by atoms with E-state index in [1.54, 1.807) is 0 Å². The number of rotatable bonds is 7. The second-order valence-electron chi connectivity index (χ2n) is 4.66. The summed E-state index contributed by atoms with van der Waals surface area (Å²) in [5.41, 5.74) is 5.60. The van der Waals surface area contributed by atoms with Crippen molar-refractivity contribution in [3.05, 3.63) is 16.7 Å². The minimum absolute atomic E-state index is 0.0291. The van der Waals surface area contributed by atoms with Crippen molar-refractivity contribution < 1.29 is 39.9 Å². The van der Waals surface area contributed by atoms with Crippen molar-refractivity contribution in [3.8, 4) is 0 Å². The fourth-order valence-electron chi connectivity index (χ4n) is 1.56. The minimum Gasteiger partial charge on any atom is -0.479 e. The maximum Gasteiger partial charge on any atom is 0.335 e. The third kappa shape index (κ3) is 5.49. The smallest absolute Gasteiger partial charge is 0.335 e. The van der Waals surface area contributed by atoms with Gasteiger partial charge in [0.2, 0.25) is 5.95 Å². The molecule has 0 aromatic carbocycles. The summed E-state index contributed by atoms with van der Waals surface area (Å²) >= 11 is 0. The van der Waals surface area contributed by atoms with E-state index in [2.05, 4.69) is 15.0 Å². The zero-order chi connectivity index (χ0) is 19.9. The molecule has 14 heteroatoms. The molecular weight excluding hydrogens is 358 g/mol. The van der Waals surface area contributed by atoms with E-state index in [1.165, 1.54) is 10.9 Å². The second-order valence-corrected chi connectivity index (χ2v) is 4.66. The molecule has 0 saturated carbocycles. The number of carboxylic acids is 2. The number of nitrogen functional groups attached to an aromatic ring is 1. The highest BCUT2D eigenvalue weighted by Crippen LogP contribution is 2.06. The number of carbonyl (C=O) groups is 2. The van der Waals surface area contributed by atoms with Crippen molar-refractivity contribution in [3.63, 3.8) is 0 Å². The highest BCUT2D eigenvalue weighted by molar-refractivity contribution is 5.83. The Balaban J connectivity index is 0.000000294. The number of aliphatic carboxylic acids is 2. The van der Waals surface area contributed by atoms with Gasteiger partial charge in [-0.2, -0.15) is 4.98 Å². The summed E-state index contributed by atoms with van der Waals surface area (Å²) in [7, 11) is 0. The normalized spacial score (nSPS) is 12.9. The number of aliphatic hydroxyl groups excluding tert-OH is 3. The van der Waals surface area contributed by atoms with Gasteiger partial charge in [0.15, 0.2) is 23.4 Å². The lowest BCUT2D eigenvalue weighted by Gasteiger charge is -2.07. The van der Waals surface area contributed by atoms with Gasteiger partial charge >= 0.3 is 11.9 Å². The van der Waals surface area contributed by atoms with Crippen LogP contribution < -0.4 is 11.3 Å². The molecule has 144 valence electrons. The first kappa shape index (κ1) is 21.0.